The number of carbonyl (C=O) groups is 1. The van der Waals surface area contributed by atoms with Crippen molar-refractivity contribution in [2.24, 2.45) is 5.92 Å². The highest BCUT2D eigenvalue weighted by Gasteiger charge is 2.32. The summed E-state index contributed by atoms with van der Waals surface area (Å²) in [5.41, 5.74) is -0.466. The third kappa shape index (κ3) is 3.20. The van der Waals surface area contributed by atoms with Crippen LogP contribution in [0.3, 0.4) is 0 Å². The minimum atomic E-state index is -0.924. The van der Waals surface area contributed by atoms with Crippen LogP contribution in [0.15, 0.2) is 12.1 Å². The zero-order chi connectivity index (χ0) is 16.3. The average molecular weight is 308 g/mol. The molecule has 2 unspecified atom stereocenters. The lowest BCUT2D eigenvalue weighted by atomic mass is 9.91. The highest BCUT2D eigenvalue weighted by Crippen LogP contribution is 2.25. The monoisotopic (exact) mass is 308 g/mol. The number of nitrogens with zero attached hydrogens (tertiary/aromatic N) is 1. The number of halogens is 2. The average Bonchev–Trinajstić information content (AvgIpc) is 2.50. The van der Waals surface area contributed by atoms with Crippen LogP contribution >= 0.6 is 0 Å². The smallest absolute Gasteiger partial charge is 0.322 e. The van der Waals surface area contributed by atoms with Crippen molar-refractivity contribution in [1.82, 2.24) is 4.90 Å². The summed E-state index contributed by atoms with van der Waals surface area (Å²) < 4.78 is 27.7. The maximum atomic E-state index is 13.9. The first-order chi connectivity index (χ1) is 10.5. The lowest BCUT2D eigenvalue weighted by molar-refractivity contribution is 0.0810. The summed E-state index contributed by atoms with van der Waals surface area (Å²) in [6, 6.07) is 0.990. The molecule has 1 aliphatic rings. The van der Waals surface area contributed by atoms with Crippen LogP contribution < -0.4 is 5.32 Å². The third-order valence-electron chi connectivity index (χ3n) is 4.00. The number of terminal acetylenes is 1. The van der Waals surface area contributed by atoms with Crippen molar-refractivity contribution in [1.29, 1.82) is 0 Å². The molecule has 0 aliphatic carbocycles. The van der Waals surface area contributed by atoms with Gasteiger partial charge in [0.1, 0.15) is 5.69 Å². The molecule has 2 atom stereocenters. The van der Waals surface area contributed by atoms with E-state index in [-0.39, 0.29) is 24.1 Å². The standard InChI is InChI=1S/C16H18F2N2O2/c1-3-11-7-12(17)15(13(18)8-11)19-16(22)20-6-4-5-10(2)14(20)9-21/h1,7-8,10,14,21H,4-6,9H2,2H3,(H,19,22). The molecule has 0 spiro atoms. The first-order valence-electron chi connectivity index (χ1n) is 7.12. The van der Waals surface area contributed by atoms with Crippen molar-refractivity contribution in [2.45, 2.75) is 25.8 Å². The number of aliphatic hydroxyl groups excluding tert-OH is 1. The van der Waals surface area contributed by atoms with Gasteiger partial charge in [-0.2, -0.15) is 0 Å². The van der Waals surface area contributed by atoms with E-state index in [0.717, 1.165) is 25.0 Å². The second-order valence-corrected chi connectivity index (χ2v) is 5.45. The Bertz CT molecular complexity index is 590. The molecule has 1 fully saturated rings. The van der Waals surface area contributed by atoms with Gasteiger partial charge in [-0.15, -0.1) is 6.42 Å². The van der Waals surface area contributed by atoms with Crippen molar-refractivity contribution in [2.75, 3.05) is 18.5 Å². The molecule has 4 nitrogen and oxygen atoms in total. The number of aliphatic hydroxyl groups is 1. The van der Waals surface area contributed by atoms with E-state index >= 15 is 0 Å². The predicted octanol–water partition coefficient (Wildman–Crippen LogP) is 2.57. The number of benzene rings is 1. The number of amides is 2. The lowest BCUT2D eigenvalue weighted by Gasteiger charge is -2.38. The van der Waals surface area contributed by atoms with Gasteiger partial charge >= 0.3 is 6.03 Å². The molecule has 0 saturated carbocycles. The van der Waals surface area contributed by atoms with Crippen LogP contribution in [-0.4, -0.2) is 35.2 Å². The van der Waals surface area contributed by atoms with Crippen molar-refractivity contribution in [3.63, 3.8) is 0 Å². The Morgan fingerprint density at radius 2 is 2.14 bits per heavy atom. The zero-order valence-electron chi connectivity index (χ0n) is 12.3. The van der Waals surface area contributed by atoms with E-state index in [1.807, 2.05) is 6.92 Å². The fourth-order valence-electron chi connectivity index (χ4n) is 2.73. The normalized spacial score (nSPS) is 21.3. The van der Waals surface area contributed by atoms with E-state index in [4.69, 9.17) is 6.42 Å². The summed E-state index contributed by atoms with van der Waals surface area (Å²) in [5.74, 6) is 0.418. The van der Waals surface area contributed by atoms with Gasteiger partial charge in [0.25, 0.3) is 0 Å². The number of anilines is 1. The van der Waals surface area contributed by atoms with E-state index in [9.17, 15) is 18.7 Å². The fraction of sp³-hybridized carbons (Fsp3) is 0.438. The molecule has 1 aliphatic heterocycles. The van der Waals surface area contributed by atoms with Gasteiger partial charge in [-0.1, -0.05) is 12.8 Å². The van der Waals surface area contributed by atoms with Crippen LogP contribution in [0.2, 0.25) is 0 Å². The number of rotatable bonds is 2. The van der Waals surface area contributed by atoms with Crippen LogP contribution in [0.5, 0.6) is 0 Å². The first kappa shape index (κ1) is 16.2. The van der Waals surface area contributed by atoms with Crippen LogP contribution in [-0.2, 0) is 0 Å². The number of nitrogens with one attached hydrogen (secondary N) is 1. The minimum absolute atomic E-state index is 0.0628. The number of likely N-dealkylation sites (tertiary alicyclic amines) is 1. The molecule has 2 amide bonds. The molecule has 22 heavy (non-hydrogen) atoms. The Kier molecular flexibility index (Phi) is 4.99. The van der Waals surface area contributed by atoms with Crippen LogP contribution in [0.25, 0.3) is 0 Å². The van der Waals surface area contributed by atoms with Crippen molar-refractivity contribution in [3.8, 4) is 12.3 Å². The van der Waals surface area contributed by atoms with E-state index in [0.29, 0.717) is 6.54 Å². The molecule has 1 aromatic rings. The fourth-order valence-corrected chi connectivity index (χ4v) is 2.73. The Labute approximate surface area is 128 Å². The molecule has 1 heterocycles. The van der Waals surface area contributed by atoms with Crippen molar-refractivity contribution in [3.05, 3.63) is 29.3 Å². The molecular formula is C16H18F2N2O2. The van der Waals surface area contributed by atoms with E-state index in [1.165, 1.54) is 4.90 Å². The van der Waals surface area contributed by atoms with E-state index in [2.05, 4.69) is 11.2 Å². The number of hydrogen-bond donors (Lipinski definition) is 2. The van der Waals surface area contributed by atoms with Crippen LogP contribution in [0, 0.1) is 29.9 Å². The molecule has 6 heteroatoms. The van der Waals surface area contributed by atoms with Crippen molar-refractivity contribution < 1.29 is 18.7 Å². The maximum absolute atomic E-state index is 13.9. The van der Waals surface area contributed by atoms with E-state index in [1.54, 1.807) is 0 Å². The van der Waals surface area contributed by atoms with Crippen LogP contribution in [0.1, 0.15) is 25.3 Å². The second kappa shape index (κ2) is 6.75. The van der Waals surface area contributed by atoms with Crippen molar-refractivity contribution >= 4 is 11.7 Å². The Hall–Kier alpha value is -2.13. The van der Waals surface area contributed by atoms with Gasteiger partial charge in [0.2, 0.25) is 0 Å². The topological polar surface area (TPSA) is 52.6 Å². The maximum Gasteiger partial charge on any atom is 0.322 e. The molecule has 2 rings (SSSR count). The quantitative estimate of drug-likeness (QED) is 0.825. The van der Waals surface area contributed by atoms with Crippen LogP contribution in [0.4, 0.5) is 19.3 Å². The number of carbonyl (C=O) groups excluding carboxylic acids is 1. The lowest BCUT2D eigenvalue weighted by Crippen LogP contribution is -2.51. The summed E-state index contributed by atoms with van der Waals surface area (Å²) in [4.78, 5) is 13.7. The summed E-state index contributed by atoms with van der Waals surface area (Å²) in [6.45, 7) is 2.19. The molecule has 0 aromatic heterocycles. The Morgan fingerprint density at radius 3 is 2.68 bits per heavy atom. The van der Waals surface area contributed by atoms with Gasteiger partial charge in [-0.3, -0.25) is 0 Å². The highest BCUT2D eigenvalue weighted by molar-refractivity contribution is 5.90. The third-order valence-corrected chi connectivity index (χ3v) is 4.00. The minimum Gasteiger partial charge on any atom is -0.394 e. The molecular weight excluding hydrogens is 290 g/mol. The largest absolute Gasteiger partial charge is 0.394 e. The van der Waals surface area contributed by atoms with Gasteiger partial charge in [0.05, 0.1) is 12.6 Å². The predicted molar refractivity (Wildman–Crippen MR) is 79.3 cm³/mol. The Balaban J connectivity index is 2.20. The molecule has 0 radical (unpaired) electrons. The first-order valence-corrected chi connectivity index (χ1v) is 7.12. The highest BCUT2D eigenvalue weighted by atomic mass is 19.1. The Morgan fingerprint density at radius 1 is 1.50 bits per heavy atom. The SMILES string of the molecule is C#Cc1cc(F)c(NC(=O)N2CCCC(C)C2CO)c(F)c1. The van der Waals surface area contributed by atoms with E-state index < -0.39 is 23.4 Å². The molecule has 118 valence electrons. The zero-order valence-corrected chi connectivity index (χ0v) is 12.3. The summed E-state index contributed by atoms with van der Waals surface area (Å²) in [5, 5.41) is 11.7. The van der Waals surface area contributed by atoms with Gasteiger partial charge in [-0.05, 0) is 30.9 Å². The molecule has 1 saturated heterocycles. The number of hydrogen-bond acceptors (Lipinski definition) is 2. The van der Waals surface area contributed by atoms with Gasteiger partial charge in [0.15, 0.2) is 11.6 Å². The van der Waals surface area contributed by atoms with Gasteiger partial charge in [-0.25, -0.2) is 13.6 Å². The summed E-state index contributed by atoms with van der Waals surface area (Å²) in [7, 11) is 0. The van der Waals surface area contributed by atoms with Gasteiger partial charge < -0.3 is 15.3 Å². The molecule has 2 N–H and O–H groups in total. The summed E-state index contributed by atoms with van der Waals surface area (Å²) in [6.07, 6.45) is 6.78. The van der Waals surface area contributed by atoms with Gasteiger partial charge in [0, 0.05) is 12.1 Å². The number of piperidine rings is 1. The number of urea groups is 1. The second-order valence-electron chi connectivity index (χ2n) is 5.45. The molecule has 0 bridgehead atoms. The summed E-state index contributed by atoms with van der Waals surface area (Å²) >= 11 is 0. The molecule has 1 aromatic carbocycles.